The van der Waals surface area contributed by atoms with Crippen LogP contribution in [0.1, 0.15) is 12.0 Å². The second-order valence-corrected chi connectivity index (χ2v) is 6.90. The molecule has 1 aliphatic heterocycles. The second-order valence-electron chi connectivity index (χ2n) is 6.90. The van der Waals surface area contributed by atoms with Crippen LogP contribution in [0, 0.1) is 11.7 Å². The predicted molar refractivity (Wildman–Crippen MR) is 104 cm³/mol. The van der Waals surface area contributed by atoms with Crippen LogP contribution < -0.4 is 5.32 Å². The van der Waals surface area contributed by atoms with Crippen LogP contribution in [0.2, 0.25) is 0 Å². The average molecular weight is 363 g/mol. The SMILES string of the molecule is Fc1ccccc1-c1cnnc(NC[C@H]2CCN(Cc3ccccc3)C2)n1. The van der Waals surface area contributed by atoms with Crippen LogP contribution in [-0.4, -0.2) is 39.7 Å². The van der Waals surface area contributed by atoms with Crippen molar-refractivity contribution in [1.29, 1.82) is 0 Å². The van der Waals surface area contributed by atoms with Gasteiger partial charge in [-0.1, -0.05) is 42.5 Å². The maximum Gasteiger partial charge on any atom is 0.243 e. The molecule has 27 heavy (non-hydrogen) atoms. The van der Waals surface area contributed by atoms with Gasteiger partial charge in [-0.15, -0.1) is 5.10 Å². The lowest BCUT2D eigenvalue weighted by molar-refractivity contribution is 0.319. The zero-order chi connectivity index (χ0) is 18.5. The second kappa shape index (κ2) is 8.22. The molecule has 3 aromatic rings. The van der Waals surface area contributed by atoms with Gasteiger partial charge in [0.25, 0.3) is 0 Å². The molecule has 0 saturated carbocycles. The lowest BCUT2D eigenvalue weighted by Gasteiger charge is -2.16. The van der Waals surface area contributed by atoms with Gasteiger partial charge in [0.1, 0.15) is 5.82 Å². The third-order valence-corrected chi connectivity index (χ3v) is 4.88. The van der Waals surface area contributed by atoms with E-state index in [1.165, 1.54) is 17.8 Å². The first-order chi connectivity index (χ1) is 13.3. The summed E-state index contributed by atoms with van der Waals surface area (Å²) in [5, 5.41) is 11.3. The lowest BCUT2D eigenvalue weighted by Crippen LogP contribution is -2.23. The molecule has 1 aromatic heterocycles. The Hall–Kier alpha value is -2.86. The van der Waals surface area contributed by atoms with E-state index in [2.05, 4.69) is 49.7 Å². The van der Waals surface area contributed by atoms with Crippen LogP contribution in [0.25, 0.3) is 11.3 Å². The Balaban J connectivity index is 1.33. The van der Waals surface area contributed by atoms with Gasteiger partial charge in [0.15, 0.2) is 0 Å². The quantitative estimate of drug-likeness (QED) is 0.725. The van der Waals surface area contributed by atoms with Crippen molar-refractivity contribution in [3.8, 4) is 11.3 Å². The molecule has 0 aliphatic carbocycles. The molecule has 138 valence electrons. The number of nitrogens with zero attached hydrogens (tertiary/aromatic N) is 4. The van der Waals surface area contributed by atoms with Gasteiger partial charge in [-0.05, 0) is 36.6 Å². The molecule has 0 unspecified atom stereocenters. The lowest BCUT2D eigenvalue weighted by atomic mass is 10.1. The summed E-state index contributed by atoms with van der Waals surface area (Å²) < 4.78 is 13.9. The summed E-state index contributed by atoms with van der Waals surface area (Å²) in [7, 11) is 0. The zero-order valence-corrected chi connectivity index (χ0v) is 15.1. The summed E-state index contributed by atoms with van der Waals surface area (Å²) in [4.78, 5) is 6.88. The maximum absolute atomic E-state index is 13.9. The molecule has 2 aromatic carbocycles. The first-order valence-corrected chi connectivity index (χ1v) is 9.23. The number of nitrogens with one attached hydrogen (secondary N) is 1. The summed E-state index contributed by atoms with van der Waals surface area (Å²) in [6, 6.07) is 17.1. The van der Waals surface area contributed by atoms with Crippen LogP contribution in [0.5, 0.6) is 0 Å². The van der Waals surface area contributed by atoms with E-state index in [4.69, 9.17) is 0 Å². The molecule has 4 rings (SSSR count). The molecule has 1 saturated heterocycles. The van der Waals surface area contributed by atoms with Gasteiger partial charge in [-0.25, -0.2) is 9.37 Å². The Labute approximate surface area is 158 Å². The molecule has 1 N–H and O–H groups in total. The van der Waals surface area contributed by atoms with Gasteiger partial charge in [-0.2, -0.15) is 5.10 Å². The third-order valence-electron chi connectivity index (χ3n) is 4.88. The molecular weight excluding hydrogens is 341 g/mol. The standard InChI is InChI=1S/C21H22FN5/c22-19-9-5-4-8-18(19)20-13-24-26-21(25-20)23-12-17-10-11-27(15-17)14-16-6-2-1-3-7-16/h1-9,13,17H,10-12,14-15H2,(H,23,25,26)/t17-/m1/s1. The predicted octanol–water partition coefficient (Wildman–Crippen LogP) is 3.61. The van der Waals surface area contributed by atoms with Gasteiger partial charge < -0.3 is 5.32 Å². The largest absolute Gasteiger partial charge is 0.353 e. The molecule has 1 fully saturated rings. The number of benzene rings is 2. The smallest absolute Gasteiger partial charge is 0.243 e. The Kier molecular flexibility index (Phi) is 5.34. The fraction of sp³-hybridized carbons (Fsp3) is 0.286. The van der Waals surface area contributed by atoms with Crippen LogP contribution in [0.3, 0.4) is 0 Å². The summed E-state index contributed by atoms with van der Waals surface area (Å²) in [6.07, 6.45) is 2.63. The normalized spacial score (nSPS) is 17.1. The first kappa shape index (κ1) is 17.5. The van der Waals surface area contributed by atoms with E-state index in [0.29, 0.717) is 23.1 Å². The fourth-order valence-electron chi connectivity index (χ4n) is 3.48. The van der Waals surface area contributed by atoms with E-state index in [1.807, 2.05) is 6.07 Å². The Morgan fingerprint density at radius 3 is 2.74 bits per heavy atom. The Morgan fingerprint density at radius 1 is 1.07 bits per heavy atom. The fourth-order valence-corrected chi connectivity index (χ4v) is 3.48. The van der Waals surface area contributed by atoms with E-state index in [1.54, 1.807) is 18.2 Å². The van der Waals surface area contributed by atoms with Crippen LogP contribution >= 0.6 is 0 Å². The minimum atomic E-state index is -0.309. The molecule has 0 radical (unpaired) electrons. The van der Waals surface area contributed by atoms with Crippen molar-refractivity contribution in [3.63, 3.8) is 0 Å². The van der Waals surface area contributed by atoms with Gasteiger partial charge in [0, 0.05) is 25.2 Å². The van der Waals surface area contributed by atoms with Crippen LogP contribution in [0.15, 0.2) is 60.8 Å². The highest BCUT2D eigenvalue weighted by atomic mass is 19.1. The summed E-state index contributed by atoms with van der Waals surface area (Å²) in [5.74, 6) is 0.669. The van der Waals surface area contributed by atoms with Crippen molar-refractivity contribution in [2.24, 2.45) is 5.92 Å². The van der Waals surface area contributed by atoms with E-state index in [0.717, 1.165) is 32.6 Å². The number of rotatable bonds is 6. The topological polar surface area (TPSA) is 53.9 Å². The number of aromatic nitrogens is 3. The molecule has 1 atom stereocenters. The molecule has 0 amide bonds. The number of anilines is 1. The maximum atomic E-state index is 13.9. The zero-order valence-electron chi connectivity index (χ0n) is 15.1. The van der Waals surface area contributed by atoms with Crippen molar-refractivity contribution in [1.82, 2.24) is 20.1 Å². The Bertz CT molecular complexity index is 887. The molecule has 0 bridgehead atoms. The van der Waals surface area contributed by atoms with Crippen molar-refractivity contribution in [2.75, 3.05) is 25.0 Å². The van der Waals surface area contributed by atoms with Gasteiger partial charge in [-0.3, -0.25) is 4.90 Å². The summed E-state index contributed by atoms with van der Waals surface area (Å²) in [5.41, 5.74) is 2.27. The minimum Gasteiger partial charge on any atom is -0.353 e. The molecule has 1 aliphatic rings. The molecule has 6 heteroatoms. The van der Waals surface area contributed by atoms with Crippen LogP contribution in [-0.2, 0) is 6.54 Å². The number of halogens is 1. The minimum absolute atomic E-state index is 0.309. The van der Waals surface area contributed by atoms with Gasteiger partial charge in [0.2, 0.25) is 5.95 Å². The first-order valence-electron chi connectivity index (χ1n) is 9.23. The van der Waals surface area contributed by atoms with Crippen molar-refractivity contribution in [3.05, 3.63) is 72.2 Å². The van der Waals surface area contributed by atoms with Gasteiger partial charge >= 0.3 is 0 Å². The van der Waals surface area contributed by atoms with E-state index in [-0.39, 0.29) is 5.82 Å². The molecule has 0 spiro atoms. The molecule has 2 heterocycles. The van der Waals surface area contributed by atoms with Crippen LogP contribution in [0.4, 0.5) is 10.3 Å². The number of hydrogen-bond acceptors (Lipinski definition) is 5. The van der Waals surface area contributed by atoms with E-state index in [9.17, 15) is 4.39 Å². The van der Waals surface area contributed by atoms with E-state index >= 15 is 0 Å². The number of likely N-dealkylation sites (tertiary alicyclic amines) is 1. The van der Waals surface area contributed by atoms with E-state index < -0.39 is 0 Å². The van der Waals surface area contributed by atoms with Gasteiger partial charge in [0.05, 0.1) is 11.9 Å². The van der Waals surface area contributed by atoms with Crippen molar-refractivity contribution in [2.45, 2.75) is 13.0 Å². The highest BCUT2D eigenvalue weighted by molar-refractivity contribution is 5.59. The third kappa shape index (κ3) is 4.46. The molecular formula is C21H22FN5. The Morgan fingerprint density at radius 2 is 1.89 bits per heavy atom. The highest BCUT2D eigenvalue weighted by Gasteiger charge is 2.22. The monoisotopic (exact) mass is 363 g/mol. The summed E-state index contributed by atoms with van der Waals surface area (Å²) in [6.45, 7) is 3.91. The summed E-state index contributed by atoms with van der Waals surface area (Å²) >= 11 is 0. The van der Waals surface area contributed by atoms with Crippen molar-refractivity contribution >= 4 is 5.95 Å². The molecule has 5 nitrogen and oxygen atoms in total. The average Bonchev–Trinajstić information content (AvgIpc) is 3.15. The highest BCUT2D eigenvalue weighted by Crippen LogP contribution is 2.21. The van der Waals surface area contributed by atoms with Crippen molar-refractivity contribution < 1.29 is 4.39 Å². The number of hydrogen-bond donors (Lipinski definition) is 1.